The van der Waals surface area contributed by atoms with E-state index in [0.717, 1.165) is 5.56 Å². The molecule has 1 rings (SSSR count). The second-order valence-electron chi connectivity index (χ2n) is 4.33. The molecule has 102 valence electrons. The number of rotatable bonds is 6. The summed E-state index contributed by atoms with van der Waals surface area (Å²) in [5, 5.41) is 2.49. The third kappa shape index (κ3) is 3.75. The lowest BCUT2D eigenvalue weighted by atomic mass is 9.92. The molecular formula is C13H16N2O3S. The van der Waals surface area contributed by atoms with Crippen molar-refractivity contribution in [2.75, 3.05) is 7.11 Å². The van der Waals surface area contributed by atoms with Gasteiger partial charge in [0, 0.05) is 12.0 Å². The molecule has 5 nitrogen and oxygen atoms in total. The summed E-state index contributed by atoms with van der Waals surface area (Å²) in [5.74, 6) is -0.514. The highest BCUT2D eigenvalue weighted by Crippen LogP contribution is 2.16. The Kier molecular flexibility index (Phi) is 5.00. The van der Waals surface area contributed by atoms with E-state index in [-0.39, 0.29) is 11.4 Å². The summed E-state index contributed by atoms with van der Waals surface area (Å²) < 4.78 is 4.71. The van der Waals surface area contributed by atoms with E-state index in [1.807, 2.05) is 6.07 Å². The lowest BCUT2D eigenvalue weighted by Gasteiger charge is -2.26. The van der Waals surface area contributed by atoms with Gasteiger partial charge in [0.15, 0.2) is 0 Å². The minimum Gasteiger partial charge on any atom is -0.467 e. The zero-order chi connectivity index (χ0) is 14.5. The van der Waals surface area contributed by atoms with Crippen molar-refractivity contribution in [1.29, 1.82) is 0 Å². The normalized spacial score (nSPS) is 13.2. The number of thiocarbonyl (C=S) groups is 1. The van der Waals surface area contributed by atoms with Gasteiger partial charge in [0.2, 0.25) is 6.41 Å². The molecule has 0 saturated heterocycles. The van der Waals surface area contributed by atoms with Gasteiger partial charge in [-0.25, -0.2) is 4.79 Å². The second kappa shape index (κ2) is 6.29. The molecule has 0 heterocycles. The van der Waals surface area contributed by atoms with Crippen LogP contribution in [0, 0.1) is 0 Å². The third-order valence-corrected chi connectivity index (χ3v) is 3.02. The van der Waals surface area contributed by atoms with Crippen molar-refractivity contribution in [3.8, 4) is 0 Å². The zero-order valence-corrected chi connectivity index (χ0v) is 11.6. The van der Waals surface area contributed by atoms with Crippen LogP contribution in [0.3, 0.4) is 0 Å². The molecule has 1 atom stereocenters. The van der Waals surface area contributed by atoms with Crippen LogP contribution in [0.4, 0.5) is 0 Å². The lowest BCUT2D eigenvalue weighted by molar-refractivity contribution is -0.148. The van der Waals surface area contributed by atoms with E-state index < -0.39 is 11.5 Å². The molecule has 1 amide bonds. The fraction of sp³-hybridized carbons (Fsp3) is 0.308. The number of nitrogens with one attached hydrogen (secondary N) is 1. The lowest BCUT2D eigenvalue weighted by Crippen LogP contribution is -2.51. The fourth-order valence-corrected chi connectivity index (χ4v) is 1.91. The topological polar surface area (TPSA) is 81.4 Å². The third-order valence-electron chi connectivity index (χ3n) is 2.78. The maximum absolute atomic E-state index is 11.8. The van der Waals surface area contributed by atoms with Crippen LogP contribution in [0.5, 0.6) is 0 Å². The molecule has 0 fully saturated rings. The predicted molar refractivity (Wildman–Crippen MR) is 75.7 cm³/mol. The number of nitrogens with two attached hydrogens (primary N) is 1. The molecule has 0 unspecified atom stereocenters. The van der Waals surface area contributed by atoms with Crippen molar-refractivity contribution in [2.24, 2.45) is 5.73 Å². The highest BCUT2D eigenvalue weighted by atomic mass is 32.1. The molecule has 0 bridgehead atoms. The number of carbonyl (C=O) groups excluding carboxylic acids is 2. The van der Waals surface area contributed by atoms with Gasteiger partial charge in [-0.1, -0.05) is 30.4 Å². The molecular weight excluding hydrogens is 264 g/mol. The minimum absolute atomic E-state index is 0.282. The van der Waals surface area contributed by atoms with Crippen molar-refractivity contribution < 1.29 is 14.3 Å². The van der Waals surface area contributed by atoms with Crippen LogP contribution >= 0.6 is 12.2 Å². The number of hydrogen-bond acceptors (Lipinski definition) is 4. The maximum atomic E-state index is 11.8. The smallest absolute Gasteiger partial charge is 0.331 e. The molecule has 0 saturated carbocycles. The summed E-state index contributed by atoms with van der Waals surface area (Å²) in [6.07, 6.45) is 0.767. The van der Waals surface area contributed by atoms with E-state index in [4.69, 9.17) is 22.7 Å². The molecule has 0 aliphatic carbocycles. The van der Waals surface area contributed by atoms with Gasteiger partial charge in [-0.2, -0.15) is 0 Å². The Morgan fingerprint density at radius 1 is 1.58 bits per heavy atom. The molecule has 0 spiro atoms. The summed E-state index contributed by atoms with van der Waals surface area (Å²) in [4.78, 5) is 22.7. The van der Waals surface area contributed by atoms with Gasteiger partial charge in [0.1, 0.15) is 10.5 Å². The molecule has 0 aromatic heterocycles. The van der Waals surface area contributed by atoms with Gasteiger partial charge < -0.3 is 15.8 Å². The predicted octanol–water partition coefficient (Wildman–Crippen LogP) is 0.541. The van der Waals surface area contributed by atoms with Crippen molar-refractivity contribution in [3.05, 3.63) is 35.4 Å². The molecule has 0 aliphatic heterocycles. The van der Waals surface area contributed by atoms with Crippen LogP contribution in [0.25, 0.3) is 0 Å². The number of hydrogen-bond donors (Lipinski definition) is 2. The number of methoxy groups -OCH3 is 1. The summed E-state index contributed by atoms with van der Waals surface area (Å²) in [5.41, 5.74) is 5.98. The van der Waals surface area contributed by atoms with Crippen LogP contribution in [-0.2, 0) is 20.7 Å². The van der Waals surface area contributed by atoms with Gasteiger partial charge in [0.25, 0.3) is 0 Å². The van der Waals surface area contributed by atoms with Gasteiger partial charge in [-0.15, -0.1) is 0 Å². The molecule has 0 aliphatic rings. The molecule has 1 aromatic rings. The van der Waals surface area contributed by atoms with Crippen molar-refractivity contribution >= 4 is 29.6 Å². The van der Waals surface area contributed by atoms with E-state index >= 15 is 0 Å². The number of carbonyl (C=O) groups is 2. The molecule has 3 N–H and O–H groups in total. The molecule has 6 heteroatoms. The number of amides is 1. The number of esters is 1. The fourth-order valence-electron chi connectivity index (χ4n) is 1.78. The van der Waals surface area contributed by atoms with Crippen molar-refractivity contribution in [1.82, 2.24) is 5.32 Å². The summed E-state index contributed by atoms with van der Waals surface area (Å²) in [6, 6.07) is 7.20. The first-order chi connectivity index (χ1) is 8.92. The first-order valence-electron chi connectivity index (χ1n) is 5.61. The summed E-state index contributed by atoms with van der Waals surface area (Å²) in [6.45, 7) is 1.60. The SMILES string of the molecule is COC(=O)[C@@](C)(Cc1cccc(C(N)=S)c1)NC=O. The first kappa shape index (κ1) is 15.1. The van der Waals surface area contributed by atoms with Crippen LogP contribution in [-0.4, -0.2) is 30.0 Å². The largest absolute Gasteiger partial charge is 0.467 e. The number of benzene rings is 1. The molecule has 0 radical (unpaired) electrons. The Morgan fingerprint density at radius 3 is 2.79 bits per heavy atom. The first-order valence-corrected chi connectivity index (χ1v) is 6.02. The Morgan fingerprint density at radius 2 is 2.26 bits per heavy atom. The van der Waals surface area contributed by atoms with Gasteiger partial charge in [-0.05, 0) is 18.6 Å². The van der Waals surface area contributed by atoms with Crippen LogP contribution in [0.15, 0.2) is 24.3 Å². The Hall–Kier alpha value is -1.95. The Labute approximate surface area is 117 Å². The summed E-state index contributed by atoms with van der Waals surface area (Å²) in [7, 11) is 1.28. The highest BCUT2D eigenvalue weighted by molar-refractivity contribution is 7.80. The van der Waals surface area contributed by atoms with Gasteiger partial charge in [0.05, 0.1) is 7.11 Å². The van der Waals surface area contributed by atoms with E-state index in [9.17, 15) is 9.59 Å². The van der Waals surface area contributed by atoms with E-state index in [0.29, 0.717) is 12.0 Å². The van der Waals surface area contributed by atoms with Crippen molar-refractivity contribution in [2.45, 2.75) is 18.9 Å². The monoisotopic (exact) mass is 280 g/mol. The van der Waals surface area contributed by atoms with Crippen LogP contribution in [0.1, 0.15) is 18.1 Å². The summed E-state index contributed by atoms with van der Waals surface area (Å²) >= 11 is 4.90. The van der Waals surface area contributed by atoms with E-state index in [2.05, 4.69) is 5.32 Å². The number of ether oxygens (including phenoxy) is 1. The van der Waals surface area contributed by atoms with Gasteiger partial charge in [-0.3, -0.25) is 4.79 Å². The molecule has 1 aromatic carbocycles. The average molecular weight is 280 g/mol. The van der Waals surface area contributed by atoms with E-state index in [1.54, 1.807) is 25.1 Å². The minimum atomic E-state index is -1.12. The molecule has 19 heavy (non-hydrogen) atoms. The Bertz CT molecular complexity index is 504. The maximum Gasteiger partial charge on any atom is 0.331 e. The second-order valence-corrected chi connectivity index (χ2v) is 4.77. The van der Waals surface area contributed by atoms with Crippen LogP contribution < -0.4 is 11.1 Å². The van der Waals surface area contributed by atoms with Crippen LogP contribution in [0.2, 0.25) is 0 Å². The van der Waals surface area contributed by atoms with Gasteiger partial charge >= 0.3 is 5.97 Å². The average Bonchev–Trinajstić information content (AvgIpc) is 2.38. The standard InChI is InChI=1S/C13H16N2O3S/c1-13(15-8-16,12(17)18-2)7-9-4-3-5-10(6-9)11(14)19/h3-6,8H,7H2,1-2H3,(H2,14,19)(H,15,16)/t13-/m1/s1. The highest BCUT2D eigenvalue weighted by Gasteiger charge is 2.34. The van der Waals surface area contributed by atoms with Crippen molar-refractivity contribution in [3.63, 3.8) is 0 Å². The quantitative estimate of drug-likeness (QED) is 0.451. The van der Waals surface area contributed by atoms with E-state index in [1.165, 1.54) is 7.11 Å². The zero-order valence-electron chi connectivity index (χ0n) is 10.8. The Balaban J connectivity index is 3.03.